The van der Waals surface area contributed by atoms with Crippen molar-refractivity contribution < 1.29 is 5.11 Å². The molecule has 3 aliphatic rings. The Labute approximate surface area is 194 Å². The van der Waals surface area contributed by atoms with E-state index in [-0.39, 0.29) is 12.8 Å². The molecular weight excluding hydrogens is 418 g/mol. The fourth-order valence-corrected chi connectivity index (χ4v) is 5.68. The molecule has 10 heteroatoms. The van der Waals surface area contributed by atoms with Crippen LogP contribution in [0, 0.1) is 17.2 Å². The van der Waals surface area contributed by atoms with Crippen molar-refractivity contribution in [3.8, 4) is 6.07 Å². The number of nitriles is 1. The molecule has 0 bridgehead atoms. The predicted molar refractivity (Wildman–Crippen MR) is 125 cm³/mol. The van der Waals surface area contributed by atoms with Gasteiger partial charge in [0.1, 0.15) is 12.5 Å². The molecule has 176 valence electrons. The minimum absolute atomic E-state index is 0.144. The van der Waals surface area contributed by atoms with Crippen LogP contribution >= 0.6 is 0 Å². The van der Waals surface area contributed by atoms with Crippen LogP contribution in [0.5, 0.6) is 0 Å². The van der Waals surface area contributed by atoms with E-state index in [0.29, 0.717) is 24.5 Å². The highest BCUT2D eigenvalue weighted by molar-refractivity contribution is 5.57. The maximum absolute atomic E-state index is 9.59. The third kappa shape index (κ3) is 4.28. The molecule has 2 N–H and O–H groups in total. The van der Waals surface area contributed by atoms with Crippen LogP contribution in [0.1, 0.15) is 32.3 Å². The summed E-state index contributed by atoms with van der Waals surface area (Å²) in [4.78, 5) is 16.9. The molecule has 2 aromatic heterocycles. The van der Waals surface area contributed by atoms with E-state index in [0.717, 1.165) is 55.6 Å². The number of hydrogen-bond donors (Lipinski definition) is 2. The summed E-state index contributed by atoms with van der Waals surface area (Å²) < 4.78 is 1.43. The van der Waals surface area contributed by atoms with Crippen molar-refractivity contribution in [2.75, 3.05) is 42.9 Å². The van der Waals surface area contributed by atoms with E-state index in [9.17, 15) is 10.4 Å². The minimum Gasteiger partial charge on any atom is -0.374 e. The van der Waals surface area contributed by atoms with Crippen LogP contribution in [0.2, 0.25) is 0 Å². The van der Waals surface area contributed by atoms with Gasteiger partial charge in [0.15, 0.2) is 0 Å². The van der Waals surface area contributed by atoms with Gasteiger partial charge in [0.2, 0.25) is 5.95 Å². The summed E-state index contributed by atoms with van der Waals surface area (Å²) in [6.45, 7) is 9.72. The van der Waals surface area contributed by atoms with Crippen LogP contribution in [0.15, 0.2) is 18.6 Å². The minimum atomic E-state index is -0.179. The third-order valence-corrected chi connectivity index (χ3v) is 7.38. The van der Waals surface area contributed by atoms with E-state index in [4.69, 9.17) is 4.98 Å². The number of aromatic nitrogens is 4. The lowest BCUT2D eigenvalue weighted by Crippen LogP contribution is -2.70. The quantitative estimate of drug-likeness (QED) is 0.646. The first-order valence-corrected chi connectivity index (χ1v) is 12.0. The van der Waals surface area contributed by atoms with Crippen LogP contribution in [0.25, 0.3) is 0 Å². The van der Waals surface area contributed by atoms with Crippen LogP contribution in [0.3, 0.4) is 0 Å². The number of piperazine rings is 1. The van der Waals surface area contributed by atoms with E-state index < -0.39 is 0 Å². The monoisotopic (exact) mass is 451 g/mol. The molecule has 0 radical (unpaired) electrons. The van der Waals surface area contributed by atoms with Crippen molar-refractivity contribution in [3.05, 3.63) is 24.2 Å². The predicted octanol–water partition coefficient (Wildman–Crippen LogP) is 1.43. The van der Waals surface area contributed by atoms with Gasteiger partial charge in [-0.15, -0.1) is 0 Å². The molecule has 2 aromatic rings. The standard InChI is InChI=1S/C23H33N9O/c1-3-17-9-25-23(27-18-10-26-31(12-18)15-33)28-22(17)32-14-21(20(32)4-5-24)30-7-6-29-11-16(2)8-19(29)13-30/h9-10,12,16,19-21,33H,3-4,6-8,11,13-15H2,1-2H3,(H,25,27,28)/t16-,19+,20+,21-/m1/s1. The van der Waals surface area contributed by atoms with E-state index in [1.807, 2.05) is 6.20 Å². The molecule has 3 saturated heterocycles. The second-order valence-corrected chi connectivity index (χ2v) is 9.56. The SMILES string of the molecule is CCc1cnc(Nc2cnn(CO)c2)nc1N1C[C@@H](N2CCN3C[C@H](C)C[C@H]3C2)[C@@H]1CC#N. The summed E-state index contributed by atoms with van der Waals surface area (Å²) in [6.07, 6.45) is 7.82. The van der Waals surface area contributed by atoms with Crippen molar-refractivity contribution in [1.82, 2.24) is 29.5 Å². The molecule has 5 rings (SSSR count). The fourth-order valence-electron chi connectivity index (χ4n) is 5.68. The zero-order valence-electron chi connectivity index (χ0n) is 19.4. The van der Waals surface area contributed by atoms with Crippen LogP contribution in [0.4, 0.5) is 17.5 Å². The molecule has 4 atom stereocenters. The average Bonchev–Trinajstić information content (AvgIpc) is 3.41. The number of aryl methyl sites for hydroxylation is 1. The number of aliphatic hydroxyl groups excluding tert-OH is 1. The summed E-state index contributed by atoms with van der Waals surface area (Å²) in [5, 5.41) is 26.1. The number of rotatable bonds is 7. The molecule has 0 saturated carbocycles. The van der Waals surface area contributed by atoms with Gasteiger partial charge < -0.3 is 15.3 Å². The Hall–Kier alpha value is -2.74. The van der Waals surface area contributed by atoms with Crippen molar-refractivity contribution >= 4 is 17.5 Å². The number of fused-ring (bicyclic) bond motifs is 1. The molecule has 3 fully saturated rings. The summed E-state index contributed by atoms with van der Waals surface area (Å²) in [5.74, 6) is 2.19. The fraction of sp³-hybridized carbons (Fsp3) is 0.652. The smallest absolute Gasteiger partial charge is 0.229 e. The van der Waals surface area contributed by atoms with E-state index in [2.05, 4.69) is 50.0 Å². The molecule has 5 heterocycles. The summed E-state index contributed by atoms with van der Waals surface area (Å²) in [6, 6.07) is 3.61. The Bertz CT molecular complexity index is 1020. The van der Waals surface area contributed by atoms with Gasteiger partial charge in [0.05, 0.1) is 36.6 Å². The van der Waals surface area contributed by atoms with Gasteiger partial charge in [0, 0.05) is 56.6 Å². The molecule has 33 heavy (non-hydrogen) atoms. The molecule has 0 spiro atoms. The highest BCUT2D eigenvalue weighted by Crippen LogP contribution is 2.36. The molecular formula is C23H33N9O. The molecule has 0 amide bonds. The number of nitrogens with one attached hydrogen (secondary N) is 1. The lowest BCUT2D eigenvalue weighted by atomic mass is 9.90. The molecule has 0 aromatic carbocycles. The molecule has 0 aliphatic carbocycles. The van der Waals surface area contributed by atoms with Crippen molar-refractivity contribution in [2.24, 2.45) is 5.92 Å². The van der Waals surface area contributed by atoms with Crippen molar-refractivity contribution in [1.29, 1.82) is 5.26 Å². The second kappa shape index (κ2) is 9.25. The van der Waals surface area contributed by atoms with E-state index >= 15 is 0 Å². The van der Waals surface area contributed by atoms with Gasteiger partial charge in [-0.2, -0.15) is 15.3 Å². The van der Waals surface area contributed by atoms with Gasteiger partial charge >= 0.3 is 0 Å². The van der Waals surface area contributed by atoms with Crippen LogP contribution in [-0.2, 0) is 13.2 Å². The number of hydrogen-bond acceptors (Lipinski definition) is 9. The molecule has 10 nitrogen and oxygen atoms in total. The van der Waals surface area contributed by atoms with Gasteiger partial charge in [0.25, 0.3) is 0 Å². The van der Waals surface area contributed by atoms with Crippen LogP contribution < -0.4 is 10.2 Å². The zero-order valence-corrected chi connectivity index (χ0v) is 19.4. The van der Waals surface area contributed by atoms with Crippen molar-refractivity contribution in [2.45, 2.75) is 58.0 Å². The maximum atomic E-state index is 9.59. The summed E-state index contributed by atoms with van der Waals surface area (Å²) in [5.41, 5.74) is 1.81. The maximum Gasteiger partial charge on any atom is 0.229 e. The zero-order chi connectivity index (χ0) is 22.9. The van der Waals surface area contributed by atoms with Crippen LogP contribution in [-0.4, -0.2) is 85.5 Å². The van der Waals surface area contributed by atoms with Crippen molar-refractivity contribution in [3.63, 3.8) is 0 Å². The summed E-state index contributed by atoms with van der Waals surface area (Å²) in [7, 11) is 0. The Morgan fingerprint density at radius 3 is 2.82 bits per heavy atom. The summed E-state index contributed by atoms with van der Waals surface area (Å²) >= 11 is 0. The first kappa shape index (κ1) is 22.1. The van der Waals surface area contributed by atoms with Gasteiger partial charge in [-0.1, -0.05) is 13.8 Å². The number of aliphatic hydroxyl groups is 1. The lowest BCUT2D eigenvalue weighted by Gasteiger charge is -2.55. The van der Waals surface area contributed by atoms with E-state index in [1.54, 1.807) is 12.4 Å². The normalized spacial score (nSPS) is 27.8. The second-order valence-electron chi connectivity index (χ2n) is 9.56. The third-order valence-electron chi connectivity index (χ3n) is 7.38. The highest BCUT2D eigenvalue weighted by atomic mass is 16.3. The Kier molecular flexibility index (Phi) is 6.19. The highest BCUT2D eigenvalue weighted by Gasteiger charge is 2.46. The topological polar surface area (TPSA) is 109 Å². The number of anilines is 3. The lowest BCUT2D eigenvalue weighted by molar-refractivity contribution is 0.0416. The number of nitrogens with zero attached hydrogens (tertiary/aromatic N) is 8. The molecule has 0 unspecified atom stereocenters. The first-order valence-electron chi connectivity index (χ1n) is 12.0. The Morgan fingerprint density at radius 2 is 2.06 bits per heavy atom. The van der Waals surface area contributed by atoms with Gasteiger partial charge in [-0.3, -0.25) is 9.80 Å². The molecule has 3 aliphatic heterocycles. The largest absolute Gasteiger partial charge is 0.374 e. The first-order chi connectivity index (χ1) is 16.1. The Morgan fingerprint density at radius 1 is 1.21 bits per heavy atom. The average molecular weight is 452 g/mol. The van der Waals surface area contributed by atoms with Gasteiger partial charge in [-0.05, 0) is 18.8 Å². The van der Waals surface area contributed by atoms with Gasteiger partial charge in [-0.25, -0.2) is 9.67 Å². The van der Waals surface area contributed by atoms with E-state index in [1.165, 1.54) is 17.6 Å². The Balaban J connectivity index is 1.33.